The highest BCUT2D eigenvalue weighted by Gasteiger charge is 2.37. The lowest BCUT2D eigenvalue weighted by Crippen LogP contribution is -2.29. The quantitative estimate of drug-likeness (QED) is 0.169. The van der Waals surface area contributed by atoms with Crippen LogP contribution in [0, 0.1) is 17.0 Å². The van der Waals surface area contributed by atoms with E-state index in [9.17, 15) is 29.3 Å². The van der Waals surface area contributed by atoms with E-state index in [1.165, 1.54) is 42.5 Å². The number of Topliss-reactive ketones (excluding diaryl/α,β-unsaturated/α-hetero) is 1. The summed E-state index contributed by atoms with van der Waals surface area (Å²) >= 11 is 6.12. The van der Waals surface area contributed by atoms with Gasteiger partial charge in [0.15, 0.2) is 6.61 Å². The number of anilines is 1. The van der Waals surface area contributed by atoms with Crippen LogP contribution >= 0.6 is 11.6 Å². The summed E-state index contributed by atoms with van der Waals surface area (Å²) in [6, 6.07) is 13.7. The first-order valence-corrected chi connectivity index (χ1v) is 10.3. The van der Waals surface area contributed by atoms with Crippen molar-refractivity contribution in [1.29, 1.82) is 0 Å². The van der Waals surface area contributed by atoms with Crippen molar-refractivity contribution in [3.63, 3.8) is 0 Å². The van der Waals surface area contributed by atoms with Gasteiger partial charge in [-0.1, -0.05) is 29.8 Å². The highest BCUT2D eigenvalue weighted by molar-refractivity contribution is 6.36. The second-order valence-corrected chi connectivity index (χ2v) is 7.85. The first kappa shape index (κ1) is 22.8. The van der Waals surface area contributed by atoms with E-state index in [4.69, 9.17) is 16.3 Å². The molecule has 0 aromatic heterocycles. The fourth-order valence-electron chi connectivity index (χ4n) is 3.41. The van der Waals surface area contributed by atoms with Crippen LogP contribution < -0.4 is 4.90 Å². The maximum atomic E-state index is 12.9. The third-order valence-corrected chi connectivity index (χ3v) is 5.66. The molecule has 0 N–H and O–H groups in total. The van der Waals surface area contributed by atoms with Gasteiger partial charge >= 0.3 is 5.97 Å². The van der Waals surface area contributed by atoms with Crippen molar-refractivity contribution >= 4 is 46.5 Å². The number of halogens is 1. The van der Waals surface area contributed by atoms with Crippen LogP contribution in [0.1, 0.15) is 47.0 Å². The molecule has 1 aliphatic rings. The molecule has 0 unspecified atom stereocenters. The number of imide groups is 1. The number of nitro benzene ring substituents is 1. The number of carbonyl (C=O) groups is 4. The molecule has 0 saturated heterocycles. The summed E-state index contributed by atoms with van der Waals surface area (Å²) < 4.78 is 5.02. The molecule has 10 heteroatoms. The van der Waals surface area contributed by atoms with Crippen molar-refractivity contribution in [3.05, 3.63) is 104 Å². The molecule has 0 saturated carbocycles. The number of esters is 1. The molecule has 0 radical (unpaired) electrons. The Morgan fingerprint density at radius 3 is 2.41 bits per heavy atom. The molecule has 34 heavy (non-hydrogen) atoms. The lowest BCUT2D eigenvalue weighted by atomic mass is 10.1. The van der Waals surface area contributed by atoms with E-state index in [0.717, 1.165) is 16.5 Å². The van der Waals surface area contributed by atoms with Gasteiger partial charge in [0.2, 0.25) is 5.78 Å². The Labute approximate surface area is 197 Å². The molecule has 170 valence electrons. The molecule has 0 fully saturated rings. The van der Waals surface area contributed by atoms with Crippen LogP contribution in [0.5, 0.6) is 0 Å². The van der Waals surface area contributed by atoms with Crippen LogP contribution in [0.2, 0.25) is 5.02 Å². The molecule has 1 heterocycles. The second kappa shape index (κ2) is 8.87. The highest BCUT2D eigenvalue weighted by Crippen LogP contribution is 2.31. The predicted molar refractivity (Wildman–Crippen MR) is 121 cm³/mol. The van der Waals surface area contributed by atoms with Crippen LogP contribution in [0.15, 0.2) is 60.7 Å². The van der Waals surface area contributed by atoms with E-state index in [-0.39, 0.29) is 27.9 Å². The first-order valence-electron chi connectivity index (χ1n) is 9.91. The summed E-state index contributed by atoms with van der Waals surface area (Å²) in [6.45, 7) is 1.13. The Bertz CT molecular complexity index is 1400. The van der Waals surface area contributed by atoms with Crippen molar-refractivity contribution in [2.75, 3.05) is 11.5 Å². The molecular formula is C24H15ClN2O7. The van der Waals surface area contributed by atoms with E-state index < -0.39 is 35.1 Å². The number of nitrogens with zero attached hydrogens (tertiary/aromatic N) is 2. The molecule has 0 atom stereocenters. The normalized spacial score (nSPS) is 12.5. The minimum atomic E-state index is -0.890. The number of rotatable bonds is 6. The Kier molecular flexibility index (Phi) is 5.95. The lowest BCUT2D eigenvalue weighted by Gasteiger charge is -2.14. The van der Waals surface area contributed by atoms with E-state index in [1.807, 2.05) is 0 Å². The molecule has 3 aromatic carbocycles. The Balaban J connectivity index is 1.50. The predicted octanol–water partition coefficient (Wildman–Crippen LogP) is 4.40. The number of ketones is 1. The van der Waals surface area contributed by atoms with Crippen LogP contribution in [0.3, 0.4) is 0 Å². The number of fused-ring (bicyclic) bond motifs is 1. The Hall–Kier alpha value is -4.37. The van der Waals surface area contributed by atoms with Crippen LogP contribution in [0.4, 0.5) is 11.4 Å². The zero-order valence-electron chi connectivity index (χ0n) is 17.6. The average Bonchev–Trinajstić information content (AvgIpc) is 3.08. The number of hydrogen-bond acceptors (Lipinski definition) is 7. The van der Waals surface area contributed by atoms with Gasteiger partial charge in [0.25, 0.3) is 17.5 Å². The summed E-state index contributed by atoms with van der Waals surface area (Å²) in [5.74, 6) is -2.70. The number of ether oxygens (including phenoxy) is 1. The van der Waals surface area contributed by atoms with Crippen molar-refractivity contribution in [1.82, 2.24) is 0 Å². The molecule has 3 aromatic rings. The first-order chi connectivity index (χ1) is 16.2. The maximum absolute atomic E-state index is 12.9. The van der Waals surface area contributed by atoms with Crippen LogP contribution in [-0.2, 0) is 4.74 Å². The second-order valence-electron chi connectivity index (χ2n) is 7.45. The van der Waals surface area contributed by atoms with Gasteiger partial charge in [-0.2, -0.15) is 0 Å². The zero-order chi connectivity index (χ0) is 24.6. The molecule has 9 nitrogen and oxygen atoms in total. The Morgan fingerprint density at radius 2 is 1.71 bits per heavy atom. The summed E-state index contributed by atoms with van der Waals surface area (Å²) in [5, 5.41) is 11.3. The summed E-state index contributed by atoms with van der Waals surface area (Å²) in [6.07, 6.45) is 0. The smallest absolute Gasteiger partial charge is 0.338 e. The van der Waals surface area contributed by atoms with Gasteiger partial charge in [0.05, 0.1) is 27.3 Å². The van der Waals surface area contributed by atoms with E-state index in [0.29, 0.717) is 10.7 Å². The number of hydrogen-bond donors (Lipinski definition) is 0. The molecular weight excluding hydrogens is 464 g/mol. The Morgan fingerprint density at radius 1 is 0.971 bits per heavy atom. The topological polar surface area (TPSA) is 124 Å². The number of carbonyl (C=O) groups excluding carboxylic acids is 4. The number of aryl methyl sites for hydroxylation is 1. The van der Waals surface area contributed by atoms with E-state index in [2.05, 4.69) is 0 Å². The van der Waals surface area contributed by atoms with Crippen LogP contribution in [-0.4, -0.2) is 35.1 Å². The molecule has 2 amide bonds. The number of benzene rings is 3. The summed E-state index contributed by atoms with van der Waals surface area (Å²) in [7, 11) is 0. The van der Waals surface area contributed by atoms with Gasteiger partial charge in [-0.05, 0) is 42.8 Å². The molecule has 1 aliphatic heterocycles. The van der Waals surface area contributed by atoms with Crippen molar-refractivity contribution in [3.8, 4) is 0 Å². The fourth-order valence-corrected chi connectivity index (χ4v) is 3.59. The van der Waals surface area contributed by atoms with E-state index >= 15 is 0 Å². The molecule has 4 rings (SSSR count). The number of amides is 2. The minimum absolute atomic E-state index is 0.0150. The monoisotopic (exact) mass is 478 g/mol. The largest absolute Gasteiger partial charge is 0.454 e. The van der Waals surface area contributed by atoms with Gasteiger partial charge in [-0.3, -0.25) is 24.5 Å². The standard InChI is InChI=1S/C24H15ClN2O7/c1-13-5-7-16(11-20(13)25)26-22(29)18-8-6-15(10-19(18)23(26)30)24(31)34-12-21(28)14-3-2-4-17(9-14)27(32)33/h2-11H,12H2,1H3. The zero-order valence-corrected chi connectivity index (χ0v) is 18.4. The lowest BCUT2D eigenvalue weighted by molar-refractivity contribution is -0.384. The number of nitro groups is 1. The average molecular weight is 479 g/mol. The van der Waals surface area contributed by atoms with Gasteiger partial charge in [0.1, 0.15) is 0 Å². The third-order valence-electron chi connectivity index (χ3n) is 5.25. The molecule has 0 spiro atoms. The number of non-ortho nitro benzene ring substituents is 1. The summed E-state index contributed by atoms with van der Waals surface area (Å²) in [5.41, 5.74) is 0.935. The van der Waals surface area contributed by atoms with Crippen molar-refractivity contribution < 1.29 is 28.8 Å². The highest BCUT2D eigenvalue weighted by atomic mass is 35.5. The van der Waals surface area contributed by atoms with Crippen LogP contribution in [0.25, 0.3) is 0 Å². The SMILES string of the molecule is Cc1ccc(N2C(=O)c3ccc(C(=O)OCC(=O)c4cccc([N+](=O)[O-])c4)cc3C2=O)cc1Cl. The van der Waals surface area contributed by atoms with Gasteiger partial charge in [-0.25, -0.2) is 9.69 Å². The van der Waals surface area contributed by atoms with Gasteiger partial charge in [0, 0.05) is 22.7 Å². The fraction of sp³-hybridized carbons (Fsp3) is 0.0833. The van der Waals surface area contributed by atoms with Gasteiger partial charge < -0.3 is 4.74 Å². The minimum Gasteiger partial charge on any atom is -0.454 e. The molecule has 0 bridgehead atoms. The van der Waals surface area contributed by atoms with E-state index in [1.54, 1.807) is 19.1 Å². The maximum Gasteiger partial charge on any atom is 0.338 e. The molecule has 0 aliphatic carbocycles. The van der Waals surface area contributed by atoms with Crippen molar-refractivity contribution in [2.24, 2.45) is 0 Å². The third kappa shape index (κ3) is 4.16. The van der Waals surface area contributed by atoms with Gasteiger partial charge in [-0.15, -0.1) is 0 Å². The van der Waals surface area contributed by atoms with Crippen molar-refractivity contribution in [2.45, 2.75) is 6.92 Å². The summed E-state index contributed by atoms with van der Waals surface area (Å²) in [4.78, 5) is 61.6.